The second kappa shape index (κ2) is 15.2. The van der Waals surface area contributed by atoms with E-state index in [1.807, 2.05) is 12.1 Å². The number of aryl methyl sites for hydroxylation is 2. The van der Waals surface area contributed by atoms with Gasteiger partial charge in [0.2, 0.25) is 9.90 Å². The van der Waals surface area contributed by atoms with Crippen LogP contribution in [0.25, 0.3) is 0 Å². The molecule has 0 radical (unpaired) electrons. The lowest BCUT2D eigenvalue weighted by atomic mass is 10.1. The zero-order valence-corrected chi connectivity index (χ0v) is 27.4. The number of alkyl halides is 2. The Hall–Kier alpha value is -3.10. The first-order valence-corrected chi connectivity index (χ1v) is 15.8. The number of aromatic nitrogens is 2. The summed E-state index contributed by atoms with van der Waals surface area (Å²) in [7, 11) is 3.39. The van der Waals surface area contributed by atoms with E-state index in [0.717, 1.165) is 59.9 Å². The van der Waals surface area contributed by atoms with Crippen LogP contribution in [0.15, 0.2) is 85.5 Å². The summed E-state index contributed by atoms with van der Waals surface area (Å²) in [6.07, 6.45) is 14.1. The third-order valence-corrected chi connectivity index (χ3v) is 8.87. The number of nitrogens with one attached hydrogen (secondary N) is 2. The molecule has 2 unspecified atom stereocenters. The maximum absolute atomic E-state index is 5.49. The molecule has 2 aromatic carbocycles. The number of halogens is 2. The van der Waals surface area contributed by atoms with Crippen molar-refractivity contribution in [2.75, 3.05) is 24.9 Å². The van der Waals surface area contributed by atoms with E-state index in [9.17, 15) is 0 Å². The van der Waals surface area contributed by atoms with Gasteiger partial charge in [-0.3, -0.25) is 0 Å². The molecule has 0 aliphatic heterocycles. The van der Waals surface area contributed by atoms with Gasteiger partial charge in [0.15, 0.2) is 24.8 Å². The highest BCUT2D eigenvalue weighted by Gasteiger charge is 2.17. The molecule has 0 saturated carbocycles. The number of hydrogen-bond acceptors (Lipinski definition) is 4. The highest BCUT2D eigenvalue weighted by Crippen LogP contribution is 2.30. The van der Waals surface area contributed by atoms with Crippen LogP contribution in [0, 0.1) is 13.8 Å². The van der Waals surface area contributed by atoms with Crippen molar-refractivity contribution in [3.8, 4) is 11.5 Å². The van der Waals surface area contributed by atoms with E-state index in [-0.39, 0.29) is 9.90 Å². The smallest absolute Gasteiger partial charge is 0.211 e. The fourth-order valence-electron chi connectivity index (χ4n) is 4.67. The Morgan fingerprint density at radius 2 is 1.00 bits per heavy atom. The average Bonchev–Trinajstić information content (AvgIpc) is 2.98. The van der Waals surface area contributed by atoms with Crippen molar-refractivity contribution in [1.82, 2.24) is 0 Å². The summed E-state index contributed by atoms with van der Waals surface area (Å²) in [6, 6.07) is 20.7. The molecule has 41 heavy (non-hydrogen) atoms. The zero-order valence-electron chi connectivity index (χ0n) is 24.2. The Morgan fingerprint density at radius 3 is 1.37 bits per heavy atom. The van der Waals surface area contributed by atoms with Crippen LogP contribution in [0.4, 0.5) is 22.7 Å². The van der Waals surface area contributed by atoms with Crippen LogP contribution in [0.5, 0.6) is 11.5 Å². The van der Waals surface area contributed by atoms with Gasteiger partial charge in [-0.25, -0.2) is 0 Å². The number of benzene rings is 2. The minimum Gasteiger partial charge on any atom is -0.495 e. The molecule has 4 rings (SSSR count). The highest BCUT2D eigenvalue weighted by atomic mass is 79.9. The van der Waals surface area contributed by atoms with Crippen molar-refractivity contribution in [2.24, 2.45) is 0 Å². The predicted molar refractivity (Wildman–Crippen MR) is 174 cm³/mol. The largest absolute Gasteiger partial charge is 0.495 e. The molecule has 0 aliphatic rings. The lowest BCUT2D eigenvalue weighted by molar-refractivity contribution is -0.698. The Morgan fingerprint density at radius 1 is 0.610 bits per heavy atom. The summed E-state index contributed by atoms with van der Waals surface area (Å²) < 4.78 is 15.4. The molecule has 2 N–H and O–H groups in total. The van der Waals surface area contributed by atoms with Crippen molar-refractivity contribution in [3.05, 3.63) is 96.6 Å². The molecule has 216 valence electrons. The molecule has 4 aromatic rings. The molecule has 2 aromatic heterocycles. The monoisotopic (exact) mass is 682 g/mol. The normalized spacial score (nSPS) is 12.4. The van der Waals surface area contributed by atoms with Crippen LogP contribution in [-0.4, -0.2) is 14.2 Å². The van der Waals surface area contributed by atoms with Crippen LogP contribution in [0.2, 0.25) is 0 Å². The minimum atomic E-state index is 0.270. The minimum absolute atomic E-state index is 0.270. The van der Waals surface area contributed by atoms with Crippen LogP contribution in [-0.2, 0) is 0 Å². The average molecular weight is 685 g/mol. The summed E-state index contributed by atoms with van der Waals surface area (Å²) in [5.41, 5.74) is 6.39. The molecular formula is C33H40Br2N4O2+2. The first kappa shape index (κ1) is 30.8. The predicted octanol–water partition coefficient (Wildman–Crippen LogP) is 8.82. The Labute approximate surface area is 261 Å². The van der Waals surface area contributed by atoms with E-state index in [1.165, 1.54) is 17.5 Å². The molecule has 0 fully saturated rings. The van der Waals surface area contributed by atoms with Gasteiger partial charge in [0.25, 0.3) is 0 Å². The van der Waals surface area contributed by atoms with E-state index >= 15 is 0 Å². The number of unbranched alkanes of at least 4 members (excludes halogenated alkanes) is 2. The Bertz CT molecular complexity index is 1290. The third kappa shape index (κ3) is 8.94. The van der Waals surface area contributed by atoms with Gasteiger partial charge in [-0.15, -0.1) is 0 Å². The number of hydrogen-bond donors (Lipinski definition) is 2. The fourth-order valence-corrected chi connectivity index (χ4v) is 5.86. The van der Waals surface area contributed by atoms with Gasteiger partial charge in [0.1, 0.15) is 11.5 Å². The lowest BCUT2D eigenvalue weighted by Crippen LogP contribution is -2.35. The maximum atomic E-state index is 5.49. The second-order valence-corrected chi connectivity index (χ2v) is 12.3. The molecule has 2 atom stereocenters. The summed E-state index contributed by atoms with van der Waals surface area (Å²) in [5, 5.41) is 6.93. The topological polar surface area (TPSA) is 50.3 Å². The lowest BCUT2D eigenvalue weighted by Gasteiger charge is -2.12. The number of pyridine rings is 2. The molecule has 0 spiro atoms. The molecule has 6 nitrogen and oxygen atoms in total. The quantitative estimate of drug-likeness (QED) is 0.0793. The first-order valence-electron chi connectivity index (χ1n) is 14.0. The van der Waals surface area contributed by atoms with Gasteiger partial charge < -0.3 is 20.1 Å². The van der Waals surface area contributed by atoms with E-state index in [1.54, 1.807) is 14.2 Å². The third-order valence-electron chi connectivity index (χ3n) is 7.00. The van der Waals surface area contributed by atoms with Gasteiger partial charge in [-0.05, 0) is 93.9 Å². The molecule has 0 aliphatic carbocycles. The van der Waals surface area contributed by atoms with Crippen molar-refractivity contribution in [1.29, 1.82) is 0 Å². The van der Waals surface area contributed by atoms with Crippen LogP contribution in [0.1, 0.15) is 53.1 Å². The molecular weight excluding hydrogens is 644 g/mol. The maximum Gasteiger partial charge on any atom is 0.211 e. The fraction of sp³-hybridized carbons (Fsp3) is 0.333. The SMILES string of the molecule is COc1ccc(C)cc1Nc1cc[n+](C(Br)CCCCCC(Br)[n+]2ccc(Nc3cc(C)ccc3OC)cc2)cc1. The van der Waals surface area contributed by atoms with Crippen molar-refractivity contribution in [3.63, 3.8) is 0 Å². The zero-order chi connectivity index (χ0) is 29.2. The summed E-state index contributed by atoms with van der Waals surface area (Å²) in [5.74, 6) is 1.67. The van der Waals surface area contributed by atoms with Crippen LogP contribution < -0.4 is 29.2 Å². The molecule has 8 heteroatoms. The van der Waals surface area contributed by atoms with Gasteiger partial charge in [0.05, 0.1) is 37.0 Å². The number of nitrogens with zero attached hydrogens (tertiary/aromatic N) is 2. The van der Waals surface area contributed by atoms with E-state index in [0.29, 0.717) is 0 Å². The van der Waals surface area contributed by atoms with E-state index in [2.05, 4.69) is 139 Å². The summed E-state index contributed by atoms with van der Waals surface area (Å²) >= 11 is 7.73. The molecule has 0 bridgehead atoms. The molecule has 0 amide bonds. The van der Waals surface area contributed by atoms with Gasteiger partial charge in [-0.2, -0.15) is 9.13 Å². The number of ether oxygens (including phenoxy) is 2. The molecule has 2 heterocycles. The second-order valence-electron chi connectivity index (χ2n) is 10.2. The highest BCUT2D eigenvalue weighted by molar-refractivity contribution is 9.09. The van der Waals surface area contributed by atoms with Crippen molar-refractivity contribution < 1.29 is 18.6 Å². The van der Waals surface area contributed by atoms with Crippen LogP contribution in [0.3, 0.4) is 0 Å². The van der Waals surface area contributed by atoms with Crippen molar-refractivity contribution in [2.45, 2.75) is 55.9 Å². The molecule has 0 saturated heterocycles. The van der Waals surface area contributed by atoms with E-state index < -0.39 is 0 Å². The summed E-state index contributed by atoms with van der Waals surface area (Å²) in [4.78, 5) is 0.539. The Kier molecular flexibility index (Phi) is 11.5. The van der Waals surface area contributed by atoms with Gasteiger partial charge >= 0.3 is 0 Å². The van der Waals surface area contributed by atoms with Crippen molar-refractivity contribution >= 4 is 54.6 Å². The number of anilines is 4. The Balaban J connectivity index is 1.19. The standard InChI is InChI=1S/C33H38Br2N4O2/c1-24-10-12-30(40-3)28(22-24)36-26-14-18-38(19-15-26)32(34)8-6-5-7-9-33(35)39-20-16-27(17-21-39)37-29-23-25(2)11-13-31(29)41-4/h10-23,32-33H,5-9H2,1-4H3/p+2. The summed E-state index contributed by atoms with van der Waals surface area (Å²) in [6.45, 7) is 4.16. The van der Waals surface area contributed by atoms with Gasteiger partial charge in [-0.1, -0.05) is 18.6 Å². The van der Waals surface area contributed by atoms with Gasteiger partial charge in [0, 0.05) is 37.1 Å². The van der Waals surface area contributed by atoms with E-state index in [4.69, 9.17) is 9.47 Å². The first-order chi connectivity index (χ1) is 19.9. The number of methoxy groups -OCH3 is 2. The van der Waals surface area contributed by atoms with Crippen LogP contribution >= 0.6 is 31.9 Å². The number of rotatable bonds is 14.